The minimum atomic E-state index is -0.984. The Morgan fingerprint density at radius 1 is 1.07 bits per heavy atom. The summed E-state index contributed by atoms with van der Waals surface area (Å²) in [5.74, 6) is -0.489. The molecule has 0 aliphatic carbocycles. The Labute approximate surface area is 239 Å². The second-order valence-electron chi connectivity index (χ2n) is 11.4. The van der Waals surface area contributed by atoms with Gasteiger partial charge in [0.2, 0.25) is 5.78 Å². The van der Waals surface area contributed by atoms with Crippen LogP contribution in [0.3, 0.4) is 0 Å². The maximum atomic E-state index is 13.7. The number of amides is 2. The molecule has 11 heteroatoms. The van der Waals surface area contributed by atoms with Gasteiger partial charge in [0.1, 0.15) is 6.04 Å². The van der Waals surface area contributed by atoms with Crippen molar-refractivity contribution >= 4 is 30.4 Å². The summed E-state index contributed by atoms with van der Waals surface area (Å²) in [4.78, 5) is 48.4. The molecular weight excluding hydrogens is 523 g/mol. The third-order valence-corrected chi connectivity index (χ3v) is 8.20. The molecule has 214 valence electrons. The maximum Gasteiger partial charge on any atom is 0.494 e. The van der Waals surface area contributed by atoms with Gasteiger partial charge in [-0.1, -0.05) is 54.6 Å². The highest BCUT2D eigenvalue weighted by atomic mass is 16.7. The third-order valence-electron chi connectivity index (χ3n) is 8.20. The molecular formula is C30H35BN4O6. The van der Waals surface area contributed by atoms with E-state index in [0.717, 1.165) is 11.0 Å². The third kappa shape index (κ3) is 5.64. The number of carbonyl (C=O) groups excluding carboxylic acids is 3. The van der Waals surface area contributed by atoms with Gasteiger partial charge in [0.05, 0.1) is 36.2 Å². The number of likely N-dealkylation sites (tertiary alicyclic amines) is 1. The van der Waals surface area contributed by atoms with Crippen LogP contribution in [0.5, 0.6) is 0 Å². The van der Waals surface area contributed by atoms with Gasteiger partial charge in [-0.2, -0.15) is 0 Å². The first-order valence-electron chi connectivity index (χ1n) is 13.8. The number of H-pyrrole nitrogens is 1. The van der Waals surface area contributed by atoms with E-state index < -0.39 is 36.5 Å². The van der Waals surface area contributed by atoms with Crippen LogP contribution in [0.2, 0.25) is 0 Å². The number of hydrogen-bond acceptors (Lipinski definition) is 7. The Kier molecular flexibility index (Phi) is 7.76. The van der Waals surface area contributed by atoms with Crippen molar-refractivity contribution in [1.29, 1.82) is 0 Å². The van der Waals surface area contributed by atoms with Gasteiger partial charge in [-0.05, 0) is 57.1 Å². The summed E-state index contributed by atoms with van der Waals surface area (Å²) in [6.07, 6.45) is 2.04. The Morgan fingerprint density at radius 2 is 1.78 bits per heavy atom. The number of alkyl carbamates (subject to hydrolysis) is 1. The van der Waals surface area contributed by atoms with Crippen molar-refractivity contribution < 1.29 is 28.4 Å². The number of rotatable bonds is 7. The number of benzene rings is 2. The molecule has 2 amide bonds. The standard InChI is InChI=1S/C30H35BN4O6/c1-29(2)30(3,4)41-31(40-29)21-14-9-13-20(17-21)22-18-32-26(33-22)25(36)23-15-10-16-35(23)27(37)24(34-28(38)39-5)19-11-7-6-8-12-19/h6-9,11-14,17-18,23-24H,10,15-16H2,1-5H3,(H,32,33)(H,34,38)/t23?,24-/m1/s1. The zero-order valence-electron chi connectivity index (χ0n) is 24.0. The van der Waals surface area contributed by atoms with E-state index in [1.807, 2.05) is 58.0 Å². The summed E-state index contributed by atoms with van der Waals surface area (Å²) in [5.41, 5.74) is 2.03. The SMILES string of the molecule is COC(=O)N[C@@H](C(=O)N1CCCC1C(=O)c1ncc(-c2cccc(B3OC(C)(C)C(C)(C)O3)c2)[nH]1)c1ccccc1. The quantitative estimate of drug-likeness (QED) is 0.335. The number of nitrogens with one attached hydrogen (secondary N) is 2. The van der Waals surface area contributed by atoms with Crippen molar-refractivity contribution in [2.75, 3.05) is 13.7 Å². The van der Waals surface area contributed by atoms with Crippen molar-refractivity contribution in [3.63, 3.8) is 0 Å². The highest BCUT2D eigenvalue weighted by Gasteiger charge is 2.51. The minimum Gasteiger partial charge on any atom is -0.453 e. The molecule has 2 aromatic carbocycles. The molecule has 0 radical (unpaired) electrons. The second-order valence-corrected chi connectivity index (χ2v) is 11.4. The van der Waals surface area contributed by atoms with Gasteiger partial charge >= 0.3 is 13.2 Å². The smallest absolute Gasteiger partial charge is 0.453 e. The van der Waals surface area contributed by atoms with E-state index in [0.29, 0.717) is 30.6 Å². The predicted octanol–water partition coefficient (Wildman–Crippen LogP) is 3.65. The number of hydrogen-bond donors (Lipinski definition) is 2. The van der Waals surface area contributed by atoms with Crippen molar-refractivity contribution in [2.45, 2.75) is 63.8 Å². The average Bonchev–Trinajstić information content (AvgIpc) is 3.70. The van der Waals surface area contributed by atoms with Crippen LogP contribution in [0, 0.1) is 0 Å². The highest BCUT2D eigenvalue weighted by molar-refractivity contribution is 6.62. The molecule has 2 atom stereocenters. The molecule has 0 bridgehead atoms. The normalized spacial score (nSPS) is 20.1. The van der Waals surface area contributed by atoms with E-state index in [9.17, 15) is 14.4 Å². The topological polar surface area (TPSA) is 123 Å². The second kappa shape index (κ2) is 11.1. The van der Waals surface area contributed by atoms with E-state index in [-0.39, 0.29) is 17.5 Å². The van der Waals surface area contributed by atoms with Crippen LogP contribution < -0.4 is 10.8 Å². The van der Waals surface area contributed by atoms with E-state index in [4.69, 9.17) is 14.0 Å². The summed E-state index contributed by atoms with van der Waals surface area (Å²) in [6.45, 7) is 8.43. The molecule has 5 rings (SSSR count). The first-order chi connectivity index (χ1) is 19.5. The first kappa shape index (κ1) is 28.6. The number of nitrogens with zero attached hydrogens (tertiary/aromatic N) is 2. The molecule has 2 saturated heterocycles. The fourth-order valence-electron chi connectivity index (χ4n) is 5.16. The zero-order valence-corrected chi connectivity index (χ0v) is 24.0. The van der Waals surface area contributed by atoms with Crippen molar-refractivity contribution in [3.8, 4) is 11.3 Å². The van der Waals surface area contributed by atoms with Crippen LogP contribution >= 0.6 is 0 Å². The summed E-state index contributed by atoms with van der Waals surface area (Å²) >= 11 is 0. The lowest BCUT2D eigenvalue weighted by molar-refractivity contribution is -0.133. The van der Waals surface area contributed by atoms with Gasteiger partial charge < -0.3 is 29.2 Å². The van der Waals surface area contributed by atoms with Crippen LogP contribution in [0.4, 0.5) is 4.79 Å². The Bertz CT molecular complexity index is 1420. The Morgan fingerprint density at radius 3 is 2.46 bits per heavy atom. The van der Waals surface area contributed by atoms with Crippen LogP contribution in [-0.2, 0) is 18.8 Å². The van der Waals surface area contributed by atoms with Crippen molar-refractivity contribution in [3.05, 3.63) is 72.2 Å². The lowest BCUT2D eigenvalue weighted by Gasteiger charge is -2.32. The predicted molar refractivity (Wildman–Crippen MR) is 154 cm³/mol. The van der Waals surface area contributed by atoms with E-state index >= 15 is 0 Å². The fourth-order valence-corrected chi connectivity index (χ4v) is 5.16. The van der Waals surface area contributed by atoms with Gasteiger partial charge in [0.25, 0.3) is 5.91 Å². The van der Waals surface area contributed by atoms with Crippen LogP contribution in [0.15, 0.2) is 60.8 Å². The molecule has 3 aromatic rings. The zero-order chi connectivity index (χ0) is 29.4. The molecule has 1 unspecified atom stereocenters. The molecule has 41 heavy (non-hydrogen) atoms. The number of imidazole rings is 1. The number of methoxy groups -OCH3 is 1. The lowest BCUT2D eigenvalue weighted by Crippen LogP contribution is -2.47. The van der Waals surface area contributed by atoms with Gasteiger partial charge in [-0.25, -0.2) is 9.78 Å². The number of aromatic nitrogens is 2. The fraction of sp³-hybridized carbons (Fsp3) is 0.400. The highest BCUT2D eigenvalue weighted by Crippen LogP contribution is 2.36. The molecule has 2 aliphatic heterocycles. The van der Waals surface area contributed by atoms with Gasteiger partial charge in [-0.3, -0.25) is 9.59 Å². The first-order valence-corrected chi connectivity index (χ1v) is 13.8. The largest absolute Gasteiger partial charge is 0.494 e. The minimum absolute atomic E-state index is 0.169. The van der Waals surface area contributed by atoms with Crippen LogP contribution in [0.1, 0.15) is 62.8 Å². The molecule has 0 spiro atoms. The summed E-state index contributed by atoms with van der Waals surface area (Å²) < 4.78 is 17.1. The molecule has 2 aliphatic rings. The van der Waals surface area contributed by atoms with Crippen LogP contribution in [-0.4, -0.2) is 70.7 Å². The van der Waals surface area contributed by atoms with Gasteiger partial charge in [0.15, 0.2) is 5.82 Å². The molecule has 2 N–H and O–H groups in total. The Balaban J connectivity index is 1.34. The van der Waals surface area contributed by atoms with E-state index in [1.54, 1.807) is 30.5 Å². The average molecular weight is 558 g/mol. The van der Waals surface area contributed by atoms with Gasteiger partial charge in [0, 0.05) is 6.54 Å². The number of ether oxygens (including phenoxy) is 1. The van der Waals surface area contributed by atoms with E-state index in [1.165, 1.54) is 12.0 Å². The van der Waals surface area contributed by atoms with Crippen LogP contribution in [0.25, 0.3) is 11.3 Å². The maximum absolute atomic E-state index is 13.7. The van der Waals surface area contributed by atoms with Crippen molar-refractivity contribution in [1.82, 2.24) is 20.2 Å². The monoisotopic (exact) mass is 558 g/mol. The number of ketones is 1. The summed E-state index contributed by atoms with van der Waals surface area (Å²) in [5, 5.41) is 2.62. The number of aromatic amines is 1. The van der Waals surface area contributed by atoms with Gasteiger partial charge in [-0.15, -0.1) is 0 Å². The molecule has 0 saturated carbocycles. The summed E-state index contributed by atoms with van der Waals surface area (Å²) in [7, 11) is 0.724. The molecule has 2 fully saturated rings. The lowest BCUT2D eigenvalue weighted by atomic mass is 9.78. The number of Topliss-reactive ketones (excluding diaryl/α,β-unsaturated/α-hetero) is 1. The summed E-state index contributed by atoms with van der Waals surface area (Å²) in [6, 6.07) is 14.9. The molecule has 3 heterocycles. The number of carbonyl (C=O) groups is 3. The Hall–Kier alpha value is -3.96. The molecule has 10 nitrogen and oxygen atoms in total. The van der Waals surface area contributed by atoms with Crippen molar-refractivity contribution in [2.24, 2.45) is 0 Å². The molecule has 1 aromatic heterocycles. The van der Waals surface area contributed by atoms with E-state index in [2.05, 4.69) is 15.3 Å².